The van der Waals surface area contributed by atoms with Crippen LogP contribution in [0.25, 0.3) is 0 Å². The van der Waals surface area contributed by atoms with Gasteiger partial charge in [-0.05, 0) is 49.8 Å². The summed E-state index contributed by atoms with van der Waals surface area (Å²) in [7, 11) is 0. The number of carbonyl (C=O) groups excluding carboxylic acids is 1. The Balaban J connectivity index is 1.84. The lowest BCUT2D eigenvalue weighted by atomic mass is 10.1. The van der Waals surface area contributed by atoms with Gasteiger partial charge in [-0.15, -0.1) is 0 Å². The number of unbranched alkanes of at least 4 members (excludes halogenated alkanes) is 1. The van der Waals surface area contributed by atoms with Crippen LogP contribution >= 0.6 is 0 Å². The largest absolute Gasteiger partial charge is 0.492 e. The zero-order valence-corrected chi connectivity index (χ0v) is 19.0. The number of hydrogen-bond donors (Lipinski definition) is 2. The second-order valence-corrected chi connectivity index (χ2v) is 8.16. The highest BCUT2D eigenvalue weighted by Gasteiger charge is 2.22. The molecule has 1 unspecified atom stereocenters. The maximum absolute atomic E-state index is 12.6. The number of rotatable bonds is 14. The average molecular weight is 435 g/mol. The Bertz CT molecular complexity index is 658. The molecular weight excluding hydrogens is 396 g/mol. The van der Waals surface area contributed by atoms with Crippen molar-refractivity contribution in [1.29, 1.82) is 0 Å². The van der Waals surface area contributed by atoms with Crippen LogP contribution < -0.4 is 10.1 Å². The molecule has 1 aliphatic rings. The molecular formula is C24H38N2O5. The summed E-state index contributed by atoms with van der Waals surface area (Å²) in [6.45, 7) is 6.71. The van der Waals surface area contributed by atoms with Gasteiger partial charge in [0.25, 0.3) is 0 Å². The van der Waals surface area contributed by atoms with Crippen LogP contribution in [0.5, 0.6) is 5.75 Å². The van der Waals surface area contributed by atoms with E-state index in [0.29, 0.717) is 44.4 Å². The number of benzene rings is 1. The number of carboxylic acid groups (broad SMARTS) is 1. The minimum atomic E-state index is -0.957. The van der Waals surface area contributed by atoms with E-state index in [4.69, 9.17) is 9.47 Å². The standard InChI is InChI=1S/C24H38N2O5/c1-3-5-14-25-24(29)26(18-20-8-6-7-9-20)15-16-31-21-12-10-19(11-13-21)17-22(23(27)28)30-4-2/h10-13,20,22H,3-9,14-18H2,1-2H3,(H,25,29)(H,27,28). The van der Waals surface area contributed by atoms with E-state index < -0.39 is 12.1 Å². The van der Waals surface area contributed by atoms with E-state index in [1.807, 2.05) is 29.2 Å². The third kappa shape index (κ3) is 9.17. The number of nitrogens with one attached hydrogen (secondary N) is 1. The molecule has 31 heavy (non-hydrogen) atoms. The predicted molar refractivity (Wildman–Crippen MR) is 121 cm³/mol. The molecule has 0 radical (unpaired) electrons. The topological polar surface area (TPSA) is 88.1 Å². The van der Waals surface area contributed by atoms with Crippen LogP contribution in [0.3, 0.4) is 0 Å². The molecule has 0 aromatic heterocycles. The minimum absolute atomic E-state index is 0.00469. The maximum atomic E-state index is 12.6. The van der Waals surface area contributed by atoms with Gasteiger partial charge >= 0.3 is 12.0 Å². The van der Waals surface area contributed by atoms with Crippen molar-refractivity contribution in [2.45, 2.75) is 64.9 Å². The molecule has 7 heteroatoms. The highest BCUT2D eigenvalue weighted by Crippen LogP contribution is 2.25. The lowest BCUT2D eigenvalue weighted by Gasteiger charge is -2.26. The van der Waals surface area contributed by atoms with Crippen LogP contribution in [0.2, 0.25) is 0 Å². The molecule has 0 heterocycles. The number of urea groups is 1. The predicted octanol–water partition coefficient (Wildman–Crippen LogP) is 4.10. The molecule has 1 aromatic rings. The molecule has 1 aliphatic carbocycles. The van der Waals surface area contributed by atoms with Crippen molar-refractivity contribution in [3.63, 3.8) is 0 Å². The summed E-state index contributed by atoms with van der Waals surface area (Å²) in [4.78, 5) is 25.7. The van der Waals surface area contributed by atoms with Crippen molar-refractivity contribution >= 4 is 12.0 Å². The Kier molecular flexibility index (Phi) is 11.2. The van der Waals surface area contributed by atoms with Crippen molar-refractivity contribution in [2.75, 3.05) is 32.8 Å². The van der Waals surface area contributed by atoms with Gasteiger partial charge in [0.1, 0.15) is 12.4 Å². The van der Waals surface area contributed by atoms with Gasteiger partial charge in [0.05, 0.1) is 6.54 Å². The molecule has 1 atom stereocenters. The van der Waals surface area contributed by atoms with Crippen LogP contribution in [0.1, 0.15) is 57.9 Å². The molecule has 1 fully saturated rings. The summed E-state index contributed by atoms with van der Waals surface area (Å²) in [6.07, 6.45) is 6.41. The number of ether oxygens (including phenoxy) is 2. The number of nitrogens with zero attached hydrogens (tertiary/aromatic N) is 1. The van der Waals surface area contributed by atoms with Gasteiger partial charge in [-0.1, -0.05) is 38.3 Å². The third-order valence-electron chi connectivity index (χ3n) is 5.66. The first-order chi connectivity index (χ1) is 15.0. The van der Waals surface area contributed by atoms with E-state index in [1.165, 1.54) is 25.7 Å². The lowest BCUT2D eigenvalue weighted by Crippen LogP contribution is -2.44. The summed E-state index contributed by atoms with van der Waals surface area (Å²) < 4.78 is 11.1. The van der Waals surface area contributed by atoms with Gasteiger partial charge < -0.3 is 24.8 Å². The number of carboxylic acids is 1. The van der Waals surface area contributed by atoms with E-state index in [9.17, 15) is 14.7 Å². The second-order valence-electron chi connectivity index (χ2n) is 8.16. The van der Waals surface area contributed by atoms with Gasteiger partial charge in [0, 0.05) is 26.1 Å². The SMILES string of the molecule is CCCCNC(=O)N(CCOc1ccc(CC(OCC)C(=O)O)cc1)CC1CCCC1. The molecule has 0 saturated heterocycles. The molecule has 2 rings (SSSR count). The highest BCUT2D eigenvalue weighted by atomic mass is 16.5. The van der Waals surface area contributed by atoms with Crippen LogP contribution in [-0.4, -0.2) is 61.0 Å². The Labute approximate surface area is 186 Å². The Morgan fingerprint density at radius 3 is 2.52 bits per heavy atom. The van der Waals surface area contributed by atoms with Gasteiger partial charge in [0.15, 0.2) is 6.10 Å². The van der Waals surface area contributed by atoms with E-state index in [-0.39, 0.29) is 6.03 Å². The molecule has 0 aliphatic heterocycles. The zero-order valence-electron chi connectivity index (χ0n) is 19.0. The minimum Gasteiger partial charge on any atom is -0.492 e. The van der Waals surface area contributed by atoms with Gasteiger partial charge in [-0.3, -0.25) is 0 Å². The summed E-state index contributed by atoms with van der Waals surface area (Å²) in [5.41, 5.74) is 0.881. The normalized spacial score (nSPS) is 14.9. The van der Waals surface area contributed by atoms with Crippen molar-refractivity contribution < 1.29 is 24.2 Å². The Morgan fingerprint density at radius 2 is 1.90 bits per heavy atom. The van der Waals surface area contributed by atoms with Gasteiger partial charge in [-0.25, -0.2) is 9.59 Å². The van der Waals surface area contributed by atoms with Crippen molar-refractivity contribution in [3.05, 3.63) is 29.8 Å². The monoisotopic (exact) mass is 434 g/mol. The quantitative estimate of drug-likeness (QED) is 0.431. The molecule has 0 bridgehead atoms. The van der Waals surface area contributed by atoms with Crippen molar-refractivity contribution in [3.8, 4) is 5.75 Å². The first-order valence-corrected chi connectivity index (χ1v) is 11.6. The third-order valence-corrected chi connectivity index (χ3v) is 5.66. The zero-order chi connectivity index (χ0) is 22.5. The van der Waals surface area contributed by atoms with E-state index in [1.54, 1.807) is 6.92 Å². The van der Waals surface area contributed by atoms with Crippen LogP contribution in [0.4, 0.5) is 4.79 Å². The van der Waals surface area contributed by atoms with Crippen molar-refractivity contribution in [2.24, 2.45) is 5.92 Å². The number of carbonyl (C=O) groups is 2. The Morgan fingerprint density at radius 1 is 1.19 bits per heavy atom. The fraction of sp³-hybridized carbons (Fsp3) is 0.667. The van der Waals surface area contributed by atoms with E-state index >= 15 is 0 Å². The summed E-state index contributed by atoms with van der Waals surface area (Å²) in [5.74, 6) is 0.338. The molecule has 1 saturated carbocycles. The van der Waals surface area contributed by atoms with Crippen LogP contribution in [0.15, 0.2) is 24.3 Å². The molecule has 2 amide bonds. The average Bonchev–Trinajstić information content (AvgIpc) is 3.27. The first-order valence-electron chi connectivity index (χ1n) is 11.6. The molecule has 174 valence electrons. The van der Waals surface area contributed by atoms with Crippen molar-refractivity contribution in [1.82, 2.24) is 10.2 Å². The van der Waals surface area contributed by atoms with E-state index in [0.717, 1.165) is 24.9 Å². The smallest absolute Gasteiger partial charge is 0.333 e. The first kappa shape index (κ1) is 25.0. The van der Waals surface area contributed by atoms with Gasteiger partial charge in [-0.2, -0.15) is 0 Å². The summed E-state index contributed by atoms with van der Waals surface area (Å²) in [6, 6.07) is 7.39. The van der Waals surface area contributed by atoms with E-state index in [2.05, 4.69) is 12.2 Å². The second kappa shape index (κ2) is 13.9. The molecule has 1 aromatic carbocycles. The fourth-order valence-electron chi connectivity index (χ4n) is 3.89. The lowest BCUT2D eigenvalue weighted by molar-refractivity contribution is -0.149. The number of hydrogen-bond acceptors (Lipinski definition) is 4. The number of aliphatic carboxylic acids is 1. The highest BCUT2D eigenvalue weighted by molar-refractivity contribution is 5.74. The fourth-order valence-corrected chi connectivity index (χ4v) is 3.89. The van der Waals surface area contributed by atoms with Gasteiger partial charge in [0.2, 0.25) is 0 Å². The number of amides is 2. The molecule has 2 N–H and O–H groups in total. The van der Waals surface area contributed by atoms with Crippen LogP contribution in [0, 0.1) is 5.92 Å². The Hall–Kier alpha value is -2.28. The molecule has 0 spiro atoms. The maximum Gasteiger partial charge on any atom is 0.333 e. The summed E-state index contributed by atoms with van der Waals surface area (Å²) in [5, 5.41) is 12.2. The van der Waals surface area contributed by atoms with Crippen LogP contribution in [-0.2, 0) is 16.0 Å². The molecule has 7 nitrogen and oxygen atoms in total. The summed E-state index contributed by atoms with van der Waals surface area (Å²) >= 11 is 0.